The van der Waals surface area contributed by atoms with Crippen molar-refractivity contribution in [1.82, 2.24) is 10.3 Å². The van der Waals surface area contributed by atoms with Crippen molar-refractivity contribution in [3.8, 4) is 0 Å². The van der Waals surface area contributed by atoms with Gasteiger partial charge < -0.3 is 10.4 Å². The molecule has 0 bridgehead atoms. The van der Waals surface area contributed by atoms with Gasteiger partial charge in [0, 0.05) is 24.7 Å². The molecule has 1 atom stereocenters. The Morgan fingerprint density at radius 2 is 2.00 bits per heavy atom. The number of aliphatic hydroxyl groups is 1. The number of thioether (sulfide) groups is 1. The number of amides is 1. The van der Waals surface area contributed by atoms with Crippen LogP contribution in [0.4, 0.5) is 13.2 Å². The Morgan fingerprint density at radius 3 is 2.68 bits per heavy atom. The molecule has 0 spiro atoms. The number of rotatable bonds is 7. The Balaban J connectivity index is 1.82. The minimum Gasteiger partial charge on any atom is -0.387 e. The standard InChI is InChI=1S/C17H17F3N2O2S/c18-17(19,20)14-6-2-1-5-13(14)15(23)9-22-16(24)11-25-10-12-4-3-7-21-8-12/h1-8,15,23H,9-11H2,(H,22,24). The summed E-state index contributed by atoms with van der Waals surface area (Å²) in [7, 11) is 0. The molecule has 2 aromatic rings. The van der Waals surface area contributed by atoms with Gasteiger partial charge in [-0.15, -0.1) is 11.8 Å². The Kier molecular flexibility index (Phi) is 6.83. The van der Waals surface area contributed by atoms with Gasteiger partial charge >= 0.3 is 6.18 Å². The van der Waals surface area contributed by atoms with Crippen LogP contribution in [0.1, 0.15) is 22.8 Å². The maximum Gasteiger partial charge on any atom is 0.416 e. The minimum absolute atomic E-state index is 0.141. The van der Waals surface area contributed by atoms with Crippen LogP contribution in [0, 0.1) is 0 Å². The first kappa shape index (κ1) is 19.3. The number of benzene rings is 1. The Bertz CT molecular complexity index is 696. The molecule has 0 saturated carbocycles. The Labute approximate surface area is 147 Å². The summed E-state index contributed by atoms with van der Waals surface area (Å²) < 4.78 is 38.8. The first-order valence-corrected chi connectivity index (χ1v) is 8.61. The third kappa shape index (κ3) is 6.06. The summed E-state index contributed by atoms with van der Waals surface area (Å²) in [6.45, 7) is -0.278. The predicted molar refractivity (Wildman–Crippen MR) is 89.8 cm³/mol. The summed E-state index contributed by atoms with van der Waals surface area (Å²) in [5.74, 6) is 0.390. The lowest BCUT2D eigenvalue weighted by Gasteiger charge is -2.17. The van der Waals surface area contributed by atoms with E-state index >= 15 is 0 Å². The van der Waals surface area contributed by atoms with E-state index in [0.717, 1.165) is 11.6 Å². The molecule has 0 aliphatic rings. The predicted octanol–water partition coefficient (Wildman–Crippen LogP) is 3.18. The number of halogens is 3. The Hall–Kier alpha value is -2.06. The van der Waals surface area contributed by atoms with E-state index in [4.69, 9.17) is 0 Å². The molecule has 1 unspecified atom stereocenters. The lowest BCUT2D eigenvalue weighted by atomic mass is 10.0. The zero-order valence-corrected chi connectivity index (χ0v) is 14.0. The number of alkyl halides is 3. The number of aliphatic hydroxyl groups excluding tert-OH is 1. The van der Waals surface area contributed by atoms with Gasteiger partial charge in [0.1, 0.15) is 0 Å². The van der Waals surface area contributed by atoms with Crippen LogP contribution in [0.15, 0.2) is 48.8 Å². The van der Waals surface area contributed by atoms with E-state index in [2.05, 4.69) is 10.3 Å². The summed E-state index contributed by atoms with van der Waals surface area (Å²) in [6, 6.07) is 8.47. The second-order valence-corrected chi connectivity index (χ2v) is 6.24. The van der Waals surface area contributed by atoms with Gasteiger partial charge in [-0.2, -0.15) is 13.2 Å². The van der Waals surface area contributed by atoms with Crippen LogP contribution in [0.25, 0.3) is 0 Å². The maximum absolute atomic E-state index is 12.9. The van der Waals surface area contributed by atoms with E-state index in [1.807, 2.05) is 6.07 Å². The fourth-order valence-corrected chi connectivity index (χ4v) is 2.96. The topological polar surface area (TPSA) is 62.2 Å². The summed E-state index contributed by atoms with van der Waals surface area (Å²) in [5, 5.41) is 12.4. The van der Waals surface area contributed by atoms with Crippen LogP contribution in [0.3, 0.4) is 0 Å². The highest BCUT2D eigenvalue weighted by Crippen LogP contribution is 2.34. The molecule has 2 rings (SSSR count). The molecule has 1 heterocycles. The molecule has 1 aromatic heterocycles. The van der Waals surface area contributed by atoms with Crippen molar-refractivity contribution >= 4 is 17.7 Å². The SMILES string of the molecule is O=C(CSCc1cccnc1)NCC(O)c1ccccc1C(F)(F)F. The maximum atomic E-state index is 12.9. The largest absolute Gasteiger partial charge is 0.416 e. The highest BCUT2D eigenvalue weighted by Gasteiger charge is 2.34. The molecule has 4 nitrogen and oxygen atoms in total. The van der Waals surface area contributed by atoms with Crippen LogP contribution >= 0.6 is 11.8 Å². The summed E-state index contributed by atoms with van der Waals surface area (Å²) in [4.78, 5) is 15.7. The van der Waals surface area contributed by atoms with Gasteiger partial charge in [0.15, 0.2) is 0 Å². The molecular formula is C17H17F3N2O2S. The second kappa shape index (κ2) is 8.87. The van der Waals surface area contributed by atoms with E-state index < -0.39 is 17.8 Å². The van der Waals surface area contributed by atoms with E-state index in [1.165, 1.54) is 30.0 Å². The van der Waals surface area contributed by atoms with Crippen LogP contribution < -0.4 is 5.32 Å². The summed E-state index contributed by atoms with van der Waals surface area (Å²) >= 11 is 1.36. The number of carbonyl (C=O) groups excluding carboxylic acids is 1. The molecule has 1 aromatic carbocycles. The number of nitrogens with one attached hydrogen (secondary N) is 1. The molecule has 0 aliphatic heterocycles. The molecule has 0 saturated heterocycles. The van der Waals surface area contributed by atoms with E-state index in [9.17, 15) is 23.1 Å². The lowest BCUT2D eigenvalue weighted by molar-refractivity contribution is -0.139. The first-order chi connectivity index (χ1) is 11.9. The lowest BCUT2D eigenvalue weighted by Crippen LogP contribution is -2.30. The smallest absolute Gasteiger partial charge is 0.387 e. The van der Waals surface area contributed by atoms with Crippen molar-refractivity contribution in [2.24, 2.45) is 0 Å². The highest BCUT2D eigenvalue weighted by molar-refractivity contribution is 7.99. The molecule has 2 N–H and O–H groups in total. The molecule has 8 heteroatoms. The zero-order valence-electron chi connectivity index (χ0n) is 13.2. The zero-order chi connectivity index (χ0) is 18.3. The van der Waals surface area contributed by atoms with Gasteiger partial charge in [0.2, 0.25) is 5.91 Å². The molecule has 0 radical (unpaired) electrons. The fourth-order valence-electron chi connectivity index (χ4n) is 2.16. The van der Waals surface area contributed by atoms with Gasteiger partial charge in [-0.3, -0.25) is 9.78 Å². The van der Waals surface area contributed by atoms with Gasteiger partial charge in [0.05, 0.1) is 17.4 Å². The van der Waals surface area contributed by atoms with Crippen LogP contribution in [0.5, 0.6) is 0 Å². The minimum atomic E-state index is -4.55. The van der Waals surface area contributed by atoms with Crippen molar-refractivity contribution in [2.45, 2.75) is 18.0 Å². The number of pyridine rings is 1. The van der Waals surface area contributed by atoms with Gasteiger partial charge in [-0.05, 0) is 23.3 Å². The Morgan fingerprint density at radius 1 is 1.24 bits per heavy atom. The third-order valence-corrected chi connectivity index (χ3v) is 4.35. The molecule has 134 valence electrons. The third-order valence-electron chi connectivity index (χ3n) is 3.34. The van der Waals surface area contributed by atoms with Crippen LogP contribution in [-0.2, 0) is 16.7 Å². The van der Waals surface area contributed by atoms with Crippen molar-refractivity contribution < 1.29 is 23.1 Å². The molecular weight excluding hydrogens is 353 g/mol. The number of hydrogen-bond acceptors (Lipinski definition) is 4. The first-order valence-electron chi connectivity index (χ1n) is 7.45. The average Bonchev–Trinajstić information content (AvgIpc) is 2.60. The van der Waals surface area contributed by atoms with E-state index in [1.54, 1.807) is 18.5 Å². The molecule has 25 heavy (non-hydrogen) atoms. The van der Waals surface area contributed by atoms with Crippen LogP contribution in [0.2, 0.25) is 0 Å². The van der Waals surface area contributed by atoms with Gasteiger partial charge in [-0.1, -0.05) is 24.3 Å². The number of carbonyl (C=O) groups is 1. The van der Waals surface area contributed by atoms with Crippen molar-refractivity contribution in [1.29, 1.82) is 0 Å². The quantitative estimate of drug-likeness (QED) is 0.786. The number of aromatic nitrogens is 1. The molecule has 0 aliphatic carbocycles. The second-order valence-electron chi connectivity index (χ2n) is 5.26. The van der Waals surface area contributed by atoms with Crippen molar-refractivity contribution in [2.75, 3.05) is 12.3 Å². The van der Waals surface area contributed by atoms with Gasteiger partial charge in [0.25, 0.3) is 0 Å². The molecule has 0 fully saturated rings. The highest BCUT2D eigenvalue weighted by atomic mass is 32.2. The fraction of sp³-hybridized carbons (Fsp3) is 0.294. The monoisotopic (exact) mass is 370 g/mol. The van der Waals surface area contributed by atoms with Gasteiger partial charge in [-0.25, -0.2) is 0 Å². The summed E-state index contributed by atoms with van der Waals surface area (Å²) in [6.07, 6.45) is -2.63. The van der Waals surface area contributed by atoms with E-state index in [-0.39, 0.29) is 23.8 Å². The van der Waals surface area contributed by atoms with E-state index in [0.29, 0.717) is 5.75 Å². The van der Waals surface area contributed by atoms with Crippen molar-refractivity contribution in [3.05, 3.63) is 65.5 Å². The number of nitrogens with zero attached hydrogens (tertiary/aromatic N) is 1. The average molecular weight is 370 g/mol. The van der Waals surface area contributed by atoms with Crippen LogP contribution in [-0.4, -0.2) is 28.3 Å². The molecule has 1 amide bonds. The van der Waals surface area contributed by atoms with Crippen molar-refractivity contribution in [3.63, 3.8) is 0 Å². The summed E-state index contributed by atoms with van der Waals surface area (Å²) in [5.41, 5.74) is -0.180. The number of hydrogen-bond donors (Lipinski definition) is 2. The normalized spacial score (nSPS) is 12.6.